The van der Waals surface area contributed by atoms with Crippen molar-refractivity contribution in [1.82, 2.24) is 10.2 Å². The quantitative estimate of drug-likeness (QED) is 0.274. The molecule has 2 N–H and O–H groups in total. The molecule has 1 heterocycles. The zero-order valence-corrected chi connectivity index (χ0v) is 22.7. The van der Waals surface area contributed by atoms with Crippen LogP contribution in [0.3, 0.4) is 0 Å². The van der Waals surface area contributed by atoms with Crippen molar-refractivity contribution in [3.05, 3.63) is 102 Å². The largest absolute Gasteiger partial charge is 0.461 e. The summed E-state index contributed by atoms with van der Waals surface area (Å²) in [6, 6.07) is 24.4. The van der Waals surface area contributed by atoms with E-state index in [1.807, 2.05) is 85.8 Å². The number of likely N-dealkylation sites (tertiary alicyclic amines) is 1. The van der Waals surface area contributed by atoms with Gasteiger partial charge in [-0.3, -0.25) is 14.4 Å². The van der Waals surface area contributed by atoms with Gasteiger partial charge in [-0.1, -0.05) is 72.8 Å². The van der Waals surface area contributed by atoms with Crippen molar-refractivity contribution in [3.63, 3.8) is 0 Å². The Kier molecular flexibility index (Phi) is 10.0. The molecule has 1 saturated heterocycles. The predicted octanol–water partition coefficient (Wildman–Crippen LogP) is 5.13. The molecule has 0 radical (unpaired) electrons. The predicted molar refractivity (Wildman–Crippen MR) is 153 cm³/mol. The van der Waals surface area contributed by atoms with Gasteiger partial charge in [-0.15, -0.1) is 0 Å². The number of esters is 1. The Labute approximate surface area is 234 Å². The zero-order chi connectivity index (χ0) is 28.3. The van der Waals surface area contributed by atoms with E-state index in [0.717, 1.165) is 11.1 Å². The van der Waals surface area contributed by atoms with Gasteiger partial charge < -0.3 is 20.3 Å². The molecule has 0 unspecified atom stereocenters. The van der Waals surface area contributed by atoms with Crippen LogP contribution in [-0.4, -0.2) is 47.7 Å². The molecule has 1 atom stereocenters. The molecule has 40 heavy (non-hydrogen) atoms. The number of amides is 3. The number of piperidine rings is 1. The molecule has 1 aliphatic heterocycles. The Morgan fingerprint density at radius 2 is 1.57 bits per heavy atom. The molecule has 4 rings (SSSR count). The van der Waals surface area contributed by atoms with E-state index >= 15 is 0 Å². The Balaban J connectivity index is 1.36. The number of ketones is 1. The van der Waals surface area contributed by atoms with Crippen LogP contribution in [0.4, 0.5) is 10.5 Å². The maximum absolute atomic E-state index is 13.5. The molecule has 0 bridgehead atoms. The van der Waals surface area contributed by atoms with Gasteiger partial charge in [-0.25, -0.2) is 4.79 Å². The summed E-state index contributed by atoms with van der Waals surface area (Å²) >= 11 is 0. The lowest BCUT2D eigenvalue weighted by atomic mass is 9.88. The number of aryl methyl sites for hydroxylation is 1. The van der Waals surface area contributed by atoms with Gasteiger partial charge in [0.05, 0.1) is 0 Å². The molecule has 3 aromatic rings. The van der Waals surface area contributed by atoms with Gasteiger partial charge in [0.2, 0.25) is 5.91 Å². The van der Waals surface area contributed by atoms with Crippen molar-refractivity contribution >= 4 is 29.4 Å². The van der Waals surface area contributed by atoms with Crippen LogP contribution in [0.2, 0.25) is 0 Å². The number of rotatable bonds is 10. The number of Topliss-reactive ketones (excluding diaryl/α,β-unsaturated/α-hetero) is 1. The lowest BCUT2D eigenvalue weighted by Crippen LogP contribution is -2.52. The number of hydrogen-bond acceptors (Lipinski definition) is 5. The molecule has 0 saturated carbocycles. The average molecular weight is 542 g/mol. The third-order valence-electron chi connectivity index (χ3n) is 6.99. The summed E-state index contributed by atoms with van der Waals surface area (Å²) < 4.78 is 5.37. The summed E-state index contributed by atoms with van der Waals surface area (Å²) in [5, 5.41) is 5.52. The highest BCUT2D eigenvalue weighted by Gasteiger charge is 2.32. The molecular formula is C32H35N3O5. The van der Waals surface area contributed by atoms with Crippen LogP contribution in [0.5, 0.6) is 0 Å². The maximum atomic E-state index is 13.5. The lowest BCUT2D eigenvalue weighted by molar-refractivity contribution is -0.145. The van der Waals surface area contributed by atoms with E-state index in [1.165, 1.54) is 0 Å². The second-order valence-corrected chi connectivity index (χ2v) is 10.0. The number of carbonyl (C=O) groups is 4. The van der Waals surface area contributed by atoms with E-state index in [0.29, 0.717) is 37.2 Å². The van der Waals surface area contributed by atoms with E-state index in [-0.39, 0.29) is 37.1 Å². The number of carbonyl (C=O) groups excluding carboxylic acids is 4. The first-order valence-corrected chi connectivity index (χ1v) is 13.6. The third-order valence-corrected chi connectivity index (χ3v) is 6.99. The number of hydrogen-bond donors (Lipinski definition) is 2. The van der Waals surface area contributed by atoms with Gasteiger partial charge in [-0.2, -0.15) is 0 Å². The number of anilines is 1. The van der Waals surface area contributed by atoms with Crippen molar-refractivity contribution in [1.29, 1.82) is 0 Å². The van der Waals surface area contributed by atoms with Crippen molar-refractivity contribution in [3.8, 4) is 0 Å². The minimum atomic E-state index is -0.921. The second kappa shape index (κ2) is 14.1. The topological polar surface area (TPSA) is 105 Å². The minimum Gasteiger partial charge on any atom is -0.461 e. The molecule has 208 valence electrons. The molecule has 8 nitrogen and oxygen atoms in total. The van der Waals surface area contributed by atoms with Gasteiger partial charge in [0.25, 0.3) is 0 Å². The van der Waals surface area contributed by atoms with Crippen LogP contribution >= 0.6 is 0 Å². The van der Waals surface area contributed by atoms with Crippen LogP contribution in [0, 0.1) is 12.8 Å². The highest BCUT2D eigenvalue weighted by Crippen LogP contribution is 2.23. The second-order valence-electron chi connectivity index (χ2n) is 10.0. The molecular weight excluding hydrogens is 506 g/mol. The van der Waals surface area contributed by atoms with Gasteiger partial charge in [-0.05, 0) is 49.4 Å². The Morgan fingerprint density at radius 1 is 0.900 bits per heavy atom. The number of nitrogens with zero attached hydrogens (tertiary/aromatic N) is 1. The van der Waals surface area contributed by atoms with Crippen molar-refractivity contribution in [2.45, 2.75) is 45.3 Å². The van der Waals surface area contributed by atoms with Crippen LogP contribution < -0.4 is 10.6 Å². The highest BCUT2D eigenvalue weighted by atomic mass is 16.5. The zero-order valence-electron chi connectivity index (χ0n) is 22.7. The number of benzene rings is 3. The van der Waals surface area contributed by atoms with Gasteiger partial charge in [0.15, 0.2) is 5.78 Å². The maximum Gasteiger partial charge on any atom is 0.319 e. The van der Waals surface area contributed by atoms with Gasteiger partial charge in [0, 0.05) is 36.7 Å². The summed E-state index contributed by atoms with van der Waals surface area (Å²) in [7, 11) is 0. The first kappa shape index (κ1) is 28.5. The molecule has 1 fully saturated rings. The number of ether oxygens (including phenoxy) is 1. The van der Waals surface area contributed by atoms with Gasteiger partial charge >= 0.3 is 12.0 Å². The fraction of sp³-hybridized carbons (Fsp3) is 0.312. The molecule has 8 heteroatoms. The summed E-state index contributed by atoms with van der Waals surface area (Å²) in [5.41, 5.74) is 3.13. The smallest absolute Gasteiger partial charge is 0.319 e. The van der Waals surface area contributed by atoms with E-state index < -0.39 is 18.0 Å². The molecule has 3 aromatic carbocycles. The van der Waals surface area contributed by atoms with Crippen LogP contribution in [0.1, 0.15) is 47.2 Å². The number of nitrogens with one attached hydrogen (secondary N) is 2. The molecule has 1 aliphatic rings. The lowest BCUT2D eigenvalue weighted by Gasteiger charge is -2.34. The SMILES string of the molecule is Cc1cccc(NC(=O)N[C@H](CCC(=O)OCc2ccccc2)C(=O)N2CCC(C(=O)c3ccccc3)CC2)c1. The average Bonchev–Trinajstić information content (AvgIpc) is 2.98. The first-order valence-electron chi connectivity index (χ1n) is 13.6. The number of urea groups is 1. The van der Waals surface area contributed by atoms with Crippen LogP contribution in [-0.2, 0) is 20.9 Å². The monoisotopic (exact) mass is 541 g/mol. The normalized spacial score (nSPS) is 14.2. The molecule has 3 amide bonds. The molecule has 0 spiro atoms. The third kappa shape index (κ3) is 8.27. The van der Waals surface area contributed by atoms with Crippen molar-refractivity contribution in [2.75, 3.05) is 18.4 Å². The summed E-state index contributed by atoms with van der Waals surface area (Å²) in [4.78, 5) is 53.4. The Bertz CT molecular complexity index is 1300. The van der Waals surface area contributed by atoms with Crippen LogP contribution in [0.25, 0.3) is 0 Å². The fourth-order valence-corrected chi connectivity index (χ4v) is 4.80. The van der Waals surface area contributed by atoms with Crippen LogP contribution in [0.15, 0.2) is 84.9 Å². The first-order chi connectivity index (χ1) is 19.4. The molecule has 0 aromatic heterocycles. The fourth-order valence-electron chi connectivity index (χ4n) is 4.80. The van der Waals surface area contributed by atoms with E-state index in [4.69, 9.17) is 4.74 Å². The standard InChI is InChI=1S/C32H35N3O5/c1-23-9-8-14-27(21-23)33-32(39)34-28(15-16-29(36)40-22-24-10-4-2-5-11-24)31(38)35-19-17-26(18-20-35)30(37)25-12-6-3-7-13-25/h2-14,21,26,28H,15-20,22H2,1H3,(H2,33,34,39)/t28-/m1/s1. The highest BCUT2D eigenvalue weighted by molar-refractivity contribution is 5.98. The van der Waals surface area contributed by atoms with E-state index in [9.17, 15) is 19.2 Å². The van der Waals surface area contributed by atoms with E-state index in [1.54, 1.807) is 11.0 Å². The summed E-state index contributed by atoms with van der Waals surface area (Å²) in [6.07, 6.45) is 1.15. The van der Waals surface area contributed by atoms with Gasteiger partial charge in [0.1, 0.15) is 12.6 Å². The summed E-state index contributed by atoms with van der Waals surface area (Å²) in [5.74, 6) is -0.799. The minimum absolute atomic E-state index is 0.0308. The summed E-state index contributed by atoms with van der Waals surface area (Å²) in [6.45, 7) is 2.86. The Hall–Kier alpha value is -4.46. The van der Waals surface area contributed by atoms with E-state index in [2.05, 4.69) is 10.6 Å². The van der Waals surface area contributed by atoms with Crippen molar-refractivity contribution < 1.29 is 23.9 Å². The molecule has 0 aliphatic carbocycles. The van der Waals surface area contributed by atoms with Crippen molar-refractivity contribution in [2.24, 2.45) is 5.92 Å². The Morgan fingerprint density at radius 3 is 2.25 bits per heavy atom.